The summed E-state index contributed by atoms with van der Waals surface area (Å²) in [5.74, 6) is 0.166. The first-order chi connectivity index (χ1) is 10.1. The summed E-state index contributed by atoms with van der Waals surface area (Å²) in [7, 11) is 0. The molecule has 3 rings (SSSR count). The fraction of sp³-hybridized carbons (Fsp3) is 0.533. The first-order valence-corrected chi connectivity index (χ1v) is 7.82. The quantitative estimate of drug-likeness (QED) is 0.768. The summed E-state index contributed by atoms with van der Waals surface area (Å²) in [6, 6.07) is 7.93. The molecule has 2 unspecified atom stereocenters. The molecular weight excluding hydrogens is 288 g/mol. The number of likely N-dealkylation sites (tertiary alicyclic amines) is 1. The first kappa shape index (κ1) is 14.8. The van der Waals surface area contributed by atoms with E-state index in [4.69, 9.17) is 17.3 Å². The van der Waals surface area contributed by atoms with Crippen molar-refractivity contribution in [2.75, 3.05) is 13.1 Å². The summed E-state index contributed by atoms with van der Waals surface area (Å²) in [4.78, 5) is 14.4. The number of hydrogen-bond donors (Lipinski definition) is 3. The monoisotopic (exact) mass is 308 g/mol. The van der Waals surface area contributed by atoms with Crippen molar-refractivity contribution < 1.29 is 4.79 Å². The summed E-state index contributed by atoms with van der Waals surface area (Å²) in [6.45, 7) is 1.53. The highest BCUT2D eigenvalue weighted by atomic mass is 35.5. The van der Waals surface area contributed by atoms with Gasteiger partial charge in [0.25, 0.3) is 0 Å². The van der Waals surface area contributed by atoms with Crippen LogP contribution in [0.1, 0.15) is 30.9 Å². The number of carbonyl (C=O) groups excluding carboxylic acids is 1. The van der Waals surface area contributed by atoms with Gasteiger partial charge in [-0.25, -0.2) is 10.9 Å². The Hall–Kier alpha value is -1.14. The van der Waals surface area contributed by atoms with E-state index < -0.39 is 0 Å². The molecule has 2 aliphatic rings. The number of piperidine rings is 1. The lowest BCUT2D eigenvalue weighted by atomic mass is 10.00. The van der Waals surface area contributed by atoms with Crippen LogP contribution in [0, 0.1) is 0 Å². The van der Waals surface area contributed by atoms with Crippen molar-refractivity contribution >= 4 is 17.5 Å². The van der Waals surface area contributed by atoms with Gasteiger partial charge in [-0.05, 0) is 37.0 Å². The van der Waals surface area contributed by atoms with Crippen LogP contribution in [-0.2, 0) is 4.79 Å². The Labute approximate surface area is 129 Å². The standard InChI is InChI=1S/C15H21ClN4O/c16-11-3-1-2-10(8-11)13-9-14(19-18-13)15(21)20-6-4-12(17)5-7-20/h1-3,8,12-14,18-19H,4-7,9,17H2. The molecule has 4 N–H and O–H groups in total. The predicted molar refractivity (Wildman–Crippen MR) is 82.7 cm³/mol. The minimum atomic E-state index is -0.177. The molecule has 5 nitrogen and oxygen atoms in total. The lowest BCUT2D eigenvalue weighted by molar-refractivity contribution is -0.134. The average Bonchev–Trinajstić information content (AvgIpc) is 2.97. The van der Waals surface area contributed by atoms with Crippen molar-refractivity contribution in [1.29, 1.82) is 0 Å². The highest BCUT2D eigenvalue weighted by molar-refractivity contribution is 6.30. The second-order valence-corrected chi connectivity index (χ2v) is 6.28. The minimum Gasteiger partial charge on any atom is -0.341 e. The molecule has 0 saturated carbocycles. The molecule has 1 aromatic rings. The second kappa shape index (κ2) is 6.32. The number of hydrogen-bond acceptors (Lipinski definition) is 4. The van der Waals surface area contributed by atoms with E-state index in [1.807, 2.05) is 29.2 Å². The molecule has 2 heterocycles. The molecule has 21 heavy (non-hydrogen) atoms. The Morgan fingerprint density at radius 1 is 1.29 bits per heavy atom. The van der Waals surface area contributed by atoms with Gasteiger partial charge in [0.05, 0.1) is 0 Å². The molecule has 0 spiro atoms. The lowest BCUT2D eigenvalue weighted by Gasteiger charge is -2.31. The van der Waals surface area contributed by atoms with E-state index in [0.717, 1.165) is 37.9 Å². The summed E-state index contributed by atoms with van der Waals surface area (Å²) < 4.78 is 0. The average molecular weight is 309 g/mol. The highest BCUT2D eigenvalue weighted by Gasteiger charge is 2.33. The lowest BCUT2D eigenvalue weighted by Crippen LogP contribution is -2.50. The summed E-state index contributed by atoms with van der Waals surface area (Å²) >= 11 is 6.02. The van der Waals surface area contributed by atoms with Gasteiger partial charge in [-0.1, -0.05) is 23.7 Å². The number of amides is 1. The van der Waals surface area contributed by atoms with Gasteiger partial charge in [0.1, 0.15) is 6.04 Å². The topological polar surface area (TPSA) is 70.4 Å². The maximum atomic E-state index is 12.5. The van der Waals surface area contributed by atoms with Gasteiger partial charge in [-0.3, -0.25) is 4.79 Å². The zero-order chi connectivity index (χ0) is 14.8. The van der Waals surface area contributed by atoms with Crippen molar-refractivity contribution in [2.24, 2.45) is 5.73 Å². The molecule has 2 saturated heterocycles. The number of carbonyl (C=O) groups is 1. The Bertz CT molecular complexity index is 516. The van der Waals surface area contributed by atoms with Crippen molar-refractivity contribution in [3.63, 3.8) is 0 Å². The Balaban J connectivity index is 1.60. The van der Waals surface area contributed by atoms with Gasteiger partial charge < -0.3 is 10.6 Å². The Morgan fingerprint density at radius 3 is 2.76 bits per heavy atom. The van der Waals surface area contributed by atoms with E-state index >= 15 is 0 Å². The van der Waals surface area contributed by atoms with Crippen LogP contribution in [0.5, 0.6) is 0 Å². The summed E-state index contributed by atoms with van der Waals surface area (Å²) in [6.07, 6.45) is 2.52. The maximum Gasteiger partial charge on any atom is 0.241 e. The molecule has 2 aliphatic heterocycles. The fourth-order valence-electron chi connectivity index (χ4n) is 3.00. The first-order valence-electron chi connectivity index (χ1n) is 7.44. The molecule has 0 bridgehead atoms. The molecule has 2 atom stereocenters. The van der Waals surface area contributed by atoms with Crippen LogP contribution in [-0.4, -0.2) is 36.0 Å². The predicted octanol–water partition coefficient (Wildman–Crippen LogP) is 1.20. The number of nitrogens with two attached hydrogens (primary N) is 1. The molecule has 1 amide bonds. The second-order valence-electron chi connectivity index (χ2n) is 5.85. The Kier molecular flexibility index (Phi) is 4.45. The zero-order valence-electron chi connectivity index (χ0n) is 11.9. The molecular formula is C15H21ClN4O. The Morgan fingerprint density at radius 2 is 2.05 bits per heavy atom. The molecule has 0 aromatic heterocycles. The maximum absolute atomic E-state index is 12.5. The smallest absolute Gasteiger partial charge is 0.241 e. The molecule has 1 aromatic carbocycles. The fourth-order valence-corrected chi connectivity index (χ4v) is 3.20. The van der Waals surface area contributed by atoms with Crippen LogP contribution in [0.4, 0.5) is 0 Å². The van der Waals surface area contributed by atoms with Gasteiger partial charge in [0, 0.05) is 30.2 Å². The van der Waals surface area contributed by atoms with Gasteiger partial charge in [-0.2, -0.15) is 0 Å². The third-order valence-electron chi connectivity index (χ3n) is 4.30. The van der Waals surface area contributed by atoms with Crippen LogP contribution in [0.25, 0.3) is 0 Å². The number of halogens is 1. The van der Waals surface area contributed by atoms with E-state index in [2.05, 4.69) is 10.9 Å². The van der Waals surface area contributed by atoms with Crippen LogP contribution >= 0.6 is 11.6 Å². The van der Waals surface area contributed by atoms with E-state index in [9.17, 15) is 4.79 Å². The highest BCUT2D eigenvalue weighted by Crippen LogP contribution is 2.25. The zero-order valence-corrected chi connectivity index (χ0v) is 12.6. The minimum absolute atomic E-state index is 0.115. The van der Waals surface area contributed by atoms with E-state index in [0.29, 0.717) is 5.02 Å². The molecule has 114 valence electrons. The van der Waals surface area contributed by atoms with Crippen molar-refractivity contribution in [3.05, 3.63) is 34.9 Å². The van der Waals surface area contributed by atoms with E-state index in [1.54, 1.807) is 0 Å². The largest absolute Gasteiger partial charge is 0.341 e. The van der Waals surface area contributed by atoms with Crippen LogP contribution in [0.3, 0.4) is 0 Å². The normalized spacial score (nSPS) is 27.0. The van der Waals surface area contributed by atoms with Crippen LogP contribution in [0.15, 0.2) is 24.3 Å². The van der Waals surface area contributed by atoms with Crippen molar-refractivity contribution in [1.82, 2.24) is 15.8 Å². The van der Waals surface area contributed by atoms with Crippen LogP contribution in [0.2, 0.25) is 5.02 Å². The van der Waals surface area contributed by atoms with Gasteiger partial charge in [-0.15, -0.1) is 0 Å². The third-order valence-corrected chi connectivity index (χ3v) is 4.54. The summed E-state index contributed by atoms with van der Waals surface area (Å²) in [5, 5.41) is 0.717. The van der Waals surface area contributed by atoms with Gasteiger partial charge in [0.15, 0.2) is 0 Å². The number of benzene rings is 1. The third kappa shape index (κ3) is 3.37. The number of nitrogens with one attached hydrogen (secondary N) is 2. The number of rotatable bonds is 2. The number of hydrazine groups is 1. The van der Waals surface area contributed by atoms with Crippen molar-refractivity contribution in [3.8, 4) is 0 Å². The van der Waals surface area contributed by atoms with Crippen LogP contribution < -0.4 is 16.6 Å². The van der Waals surface area contributed by atoms with Crippen molar-refractivity contribution in [2.45, 2.75) is 37.4 Å². The van der Waals surface area contributed by atoms with E-state index in [-0.39, 0.29) is 24.0 Å². The summed E-state index contributed by atoms with van der Waals surface area (Å²) in [5.41, 5.74) is 13.3. The molecule has 2 fully saturated rings. The van der Waals surface area contributed by atoms with E-state index in [1.165, 1.54) is 0 Å². The van der Waals surface area contributed by atoms with Gasteiger partial charge >= 0.3 is 0 Å². The molecule has 0 radical (unpaired) electrons. The number of nitrogens with zero attached hydrogens (tertiary/aromatic N) is 1. The van der Waals surface area contributed by atoms with Gasteiger partial charge in [0.2, 0.25) is 5.91 Å². The molecule has 6 heteroatoms. The SMILES string of the molecule is NC1CCN(C(=O)C2CC(c3cccc(Cl)c3)NN2)CC1. The molecule has 0 aliphatic carbocycles.